The number of aromatic amines is 1. The van der Waals surface area contributed by atoms with Crippen molar-refractivity contribution in [2.45, 2.75) is 0 Å². The lowest BCUT2D eigenvalue weighted by molar-refractivity contribution is 0.0958. The van der Waals surface area contributed by atoms with Crippen LogP contribution in [0.4, 0.5) is 5.69 Å². The molecule has 3 N–H and O–H groups in total. The Kier molecular flexibility index (Phi) is 2.47. The molecule has 0 bridgehead atoms. The maximum Gasteiger partial charge on any atom is 0.427 e. The van der Waals surface area contributed by atoms with Gasteiger partial charge in [-0.2, -0.15) is 0 Å². The molecule has 6 heteroatoms. The second kappa shape index (κ2) is 4.36. The molecule has 0 saturated carbocycles. The molecular weight excluding hydrogens is 282 g/mol. The Hall–Kier alpha value is -3.28. The van der Waals surface area contributed by atoms with Gasteiger partial charge in [0.2, 0.25) is 0 Å². The SMILES string of the molecule is Nc1ccc2oc(=O)n(C(=O)c3cccc4[nH]ccc34)c2c1. The quantitative estimate of drug-likeness (QED) is 0.527. The summed E-state index contributed by atoms with van der Waals surface area (Å²) in [5.41, 5.74) is 8.13. The van der Waals surface area contributed by atoms with E-state index < -0.39 is 11.7 Å². The minimum atomic E-state index is -0.724. The number of H-pyrrole nitrogens is 1. The van der Waals surface area contributed by atoms with Gasteiger partial charge in [0.25, 0.3) is 5.91 Å². The highest BCUT2D eigenvalue weighted by Gasteiger charge is 2.19. The Morgan fingerprint density at radius 1 is 1.18 bits per heavy atom. The van der Waals surface area contributed by atoms with Gasteiger partial charge in [0.1, 0.15) is 5.52 Å². The van der Waals surface area contributed by atoms with Gasteiger partial charge >= 0.3 is 5.76 Å². The number of fused-ring (bicyclic) bond motifs is 2. The van der Waals surface area contributed by atoms with E-state index in [1.807, 2.05) is 6.07 Å². The molecule has 2 aromatic heterocycles. The molecule has 6 nitrogen and oxygen atoms in total. The summed E-state index contributed by atoms with van der Waals surface area (Å²) in [5.74, 6) is -1.17. The number of oxazole rings is 1. The van der Waals surface area contributed by atoms with Gasteiger partial charge in [0, 0.05) is 28.4 Å². The molecule has 0 spiro atoms. The predicted molar refractivity (Wildman–Crippen MR) is 82.9 cm³/mol. The van der Waals surface area contributed by atoms with Crippen molar-refractivity contribution in [2.75, 3.05) is 5.73 Å². The number of nitrogens with two attached hydrogens (primary N) is 1. The third-order valence-corrected chi connectivity index (χ3v) is 3.63. The van der Waals surface area contributed by atoms with Gasteiger partial charge in [-0.1, -0.05) is 6.07 Å². The molecule has 0 aliphatic heterocycles. The zero-order valence-electron chi connectivity index (χ0n) is 11.4. The van der Waals surface area contributed by atoms with Gasteiger partial charge in [-0.05, 0) is 36.4 Å². The van der Waals surface area contributed by atoms with Crippen molar-refractivity contribution < 1.29 is 9.21 Å². The molecule has 0 amide bonds. The van der Waals surface area contributed by atoms with Crippen LogP contribution in [0.15, 0.2) is 57.9 Å². The first-order valence-corrected chi connectivity index (χ1v) is 6.67. The maximum atomic E-state index is 12.8. The number of anilines is 1. The van der Waals surface area contributed by atoms with Gasteiger partial charge in [0.15, 0.2) is 5.58 Å². The first kappa shape index (κ1) is 12.5. The van der Waals surface area contributed by atoms with Gasteiger partial charge in [-0.3, -0.25) is 4.79 Å². The van der Waals surface area contributed by atoms with Crippen LogP contribution in [0.3, 0.4) is 0 Å². The number of benzene rings is 2. The number of hydrogen-bond acceptors (Lipinski definition) is 4. The average molecular weight is 293 g/mol. The van der Waals surface area contributed by atoms with Crippen LogP contribution in [-0.2, 0) is 0 Å². The highest BCUT2D eigenvalue weighted by Crippen LogP contribution is 2.21. The molecule has 0 aliphatic carbocycles. The Morgan fingerprint density at radius 3 is 2.91 bits per heavy atom. The maximum absolute atomic E-state index is 12.8. The summed E-state index contributed by atoms with van der Waals surface area (Å²) in [4.78, 5) is 27.9. The van der Waals surface area contributed by atoms with Crippen LogP contribution < -0.4 is 11.5 Å². The lowest BCUT2D eigenvalue weighted by Gasteiger charge is -2.03. The third kappa shape index (κ3) is 1.67. The molecular formula is C16H11N3O3. The summed E-state index contributed by atoms with van der Waals surface area (Å²) in [6.07, 6.45) is 1.75. The van der Waals surface area contributed by atoms with Crippen molar-refractivity contribution in [3.63, 3.8) is 0 Å². The normalized spacial score (nSPS) is 11.3. The van der Waals surface area contributed by atoms with E-state index in [2.05, 4.69) is 4.98 Å². The molecule has 0 unspecified atom stereocenters. The van der Waals surface area contributed by atoms with E-state index in [4.69, 9.17) is 10.2 Å². The predicted octanol–water partition coefficient (Wildman–Crippen LogP) is 2.35. The van der Waals surface area contributed by atoms with Crippen molar-refractivity contribution in [1.82, 2.24) is 9.55 Å². The Labute approximate surface area is 123 Å². The summed E-state index contributed by atoms with van der Waals surface area (Å²) in [7, 11) is 0. The van der Waals surface area contributed by atoms with Crippen LogP contribution in [0.1, 0.15) is 10.4 Å². The zero-order chi connectivity index (χ0) is 15.3. The van der Waals surface area contributed by atoms with Crippen molar-refractivity contribution in [3.05, 3.63) is 64.8 Å². The first-order valence-electron chi connectivity index (χ1n) is 6.67. The fourth-order valence-corrected chi connectivity index (χ4v) is 2.62. The monoisotopic (exact) mass is 293 g/mol. The number of nitrogen functional groups attached to an aromatic ring is 1. The number of carbonyl (C=O) groups excluding carboxylic acids is 1. The number of aromatic nitrogens is 2. The van der Waals surface area contributed by atoms with Crippen LogP contribution in [0.2, 0.25) is 0 Å². The number of nitrogens with zero attached hydrogens (tertiary/aromatic N) is 1. The van der Waals surface area contributed by atoms with Crippen LogP contribution in [0.25, 0.3) is 22.0 Å². The van der Waals surface area contributed by atoms with E-state index in [0.29, 0.717) is 22.4 Å². The molecule has 4 aromatic rings. The lowest BCUT2D eigenvalue weighted by atomic mass is 10.1. The molecule has 0 fully saturated rings. The fourth-order valence-electron chi connectivity index (χ4n) is 2.62. The molecule has 0 saturated heterocycles. The van der Waals surface area contributed by atoms with Crippen molar-refractivity contribution >= 4 is 33.6 Å². The highest BCUT2D eigenvalue weighted by atomic mass is 16.4. The van der Waals surface area contributed by atoms with Crippen molar-refractivity contribution in [1.29, 1.82) is 0 Å². The second-order valence-electron chi connectivity index (χ2n) is 4.98. The fraction of sp³-hybridized carbons (Fsp3) is 0. The summed E-state index contributed by atoms with van der Waals surface area (Å²) in [5, 5.41) is 0.748. The molecule has 4 rings (SSSR count). The Morgan fingerprint density at radius 2 is 2.05 bits per heavy atom. The molecule has 0 aliphatic rings. The van der Waals surface area contributed by atoms with E-state index in [1.165, 1.54) is 0 Å². The number of hydrogen-bond donors (Lipinski definition) is 2. The van der Waals surface area contributed by atoms with Crippen molar-refractivity contribution in [3.8, 4) is 0 Å². The van der Waals surface area contributed by atoms with Crippen LogP contribution >= 0.6 is 0 Å². The number of carbonyl (C=O) groups is 1. The minimum Gasteiger partial charge on any atom is -0.407 e. The van der Waals surface area contributed by atoms with Crippen LogP contribution in [0, 0.1) is 0 Å². The molecule has 22 heavy (non-hydrogen) atoms. The van der Waals surface area contributed by atoms with Gasteiger partial charge in [-0.25, -0.2) is 9.36 Å². The average Bonchev–Trinajstić information content (AvgIpc) is 3.09. The standard InChI is InChI=1S/C16H11N3O3/c17-9-4-5-14-13(8-9)19(16(21)22-14)15(20)11-2-1-3-12-10(11)6-7-18-12/h1-8,18H,17H2. The molecule has 0 radical (unpaired) electrons. The minimum absolute atomic E-state index is 0.328. The van der Waals surface area contributed by atoms with E-state index >= 15 is 0 Å². The van der Waals surface area contributed by atoms with E-state index in [9.17, 15) is 9.59 Å². The number of nitrogens with one attached hydrogen (secondary N) is 1. The topological polar surface area (TPSA) is 94.0 Å². The summed E-state index contributed by atoms with van der Waals surface area (Å²) in [6, 6.07) is 11.8. The molecule has 2 heterocycles. The lowest BCUT2D eigenvalue weighted by Crippen LogP contribution is -2.23. The first-order chi connectivity index (χ1) is 10.6. The second-order valence-corrected chi connectivity index (χ2v) is 4.98. The van der Waals surface area contributed by atoms with Gasteiger partial charge < -0.3 is 15.1 Å². The van der Waals surface area contributed by atoms with E-state index in [-0.39, 0.29) is 0 Å². The molecule has 2 aromatic carbocycles. The third-order valence-electron chi connectivity index (χ3n) is 3.63. The summed E-state index contributed by atoms with van der Waals surface area (Å²) >= 11 is 0. The van der Waals surface area contributed by atoms with E-state index in [1.54, 1.807) is 42.6 Å². The van der Waals surface area contributed by atoms with Crippen LogP contribution in [-0.4, -0.2) is 15.5 Å². The zero-order valence-corrected chi connectivity index (χ0v) is 11.4. The Balaban J connectivity index is 2.01. The van der Waals surface area contributed by atoms with Gasteiger partial charge in [-0.15, -0.1) is 0 Å². The summed E-state index contributed by atoms with van der Waals surface area (Å²) in [6.45, 7) is 0. The molecule has 0 atom stereocenters. The number of rotatable bonds is 1. The van der Waals surface area contributed by atoms with E-state index in [0.717, 1.165) is 15.5 Å². The highest BCUT2D eigenvalue weighted by molar-refractivity contribution is 6.09. The van der Waals surface area contributed by atoms with Crippen LogP contribution in [0.5, 0.6) is 0 Å². The largest absolute Gasteiger partial charge is 0.427 e. The Bertz CT molecular complexity index is 1080. The van der Waals surface area contributed by atoms with Crippen molar-refractivity contribution in [2.24, 2.45) is 0 Å². The summed E-state index contributed by atoms with van der Waals surface area (Å²) < 4.78 is 6.12. The molecule has 108 valence electrons. The van der Waals surface area contributed by atoms with Gasteiger partial charge in [0.05, 0.1) is 0 Å². The smallest absolute Gasteiger partial charge is 0.407 e.